The first-order valence-corrected chi connectivity index (χ1v) is 13.4. The molecule has 170 valence electrons. The van der Waals surface area contributed by atoms with Crippen molar-refractivity contribution in [2.45, 2.75) is 41.1 Å². The maximum atomic E-state index is 13.4. The highest BCUT2D eigenvalue weighted by atomic mass is 35.5. The van der Waals surface area contributed by atoms with E-state index in [0.717, 1.165) is 24.3 Å². The zero-order valence-corrected chi connectivity index (χ0v) is 19.6. The summed E-state index contributed by atoms with van der Waals surface area (Å²) in [7, 11) is -6.08. The number of rotatable bonds is 8. The van der Waals surface area contributed by atoms with Crippen LogP contribution >= 0.6 is 11.6 Å². The number of hydrogen-bond donors (Lipinski definition) is 2. The largest absolute Gasteiger partial charge is 0.254 e. The Bertz CT molecular complexity index is 1160. The molecule has 2 aromatic rings. The van der Waals surface area contributed by atoms with Crippen LogP contribution in [0.1, 0.15) is 30.9 Å². The smallest absolute Gasteiger partial charge is 0.244 e. The fraction of sp³-hybridized carbons (Fsp3) is 0.400. The minimum atomic E-state index is -3.95. The summed E-state index contributed by atoms with van der Waals surface area (Å²) >= 11 is 6.05. The Balaban J connectivity index is 1.59. The lowest BCUT2D eigenvalue weighted by molar-refractivity contribution is 0.428. The average molecular weight is 490 g/mol. The molecule has 0 amide bonds. The molecule has 11 heteroatoms. The van der Waals surface area contributed by atoms with Gasteiger partial charge in [-0.25, -0.2) is 25.5 Å². The fourth-order valence-electron chi connectivity index (χ4n) is 3.51. The number of sulfone groups is 1. The number of sulfonamides is 1. The molecule has 31 heavy (non-hydrogen) atoms. The van der Waals surface area contributed by atoms with Gasteiger partial charge in [-0.1, -0.05) is 23.7 Å². The van der Waals surface area contributed by atoms with Crippen molar-refractivity contribution in [3.8, 4) is 0 Å². The number of nitrogens with one attached hydrogen (secondary N) is 2. The lowest BCUT2D eigenvalue weighted by Crippen LogP contribution is -2.32. The second-order valence-corrected chi connectivity index (χ2v) is 12.1. The summed E-state index contributed by atoms with van der Waals surface area (Å²) in [6.45, 7) is 0.241. The third-order valence-electron chi connectivity index (χ3n) is 5.28. The van der Waals surface area contributed by atoms with E-state index in [4.69, 9.17) is 11.6 Å². The van der Waals surface area contributed by atoms with Gasteiger partial charge in [0.15, 0.2) is 9.84 Å². The molecule has 2 unspecified atom stereocenters. The van der Waals surface area contributed by atoms with Gasteiger partial charge in [-0.3, -0.25) is 10.9 Å². The van der Waals surface area contributed by atoms with Crippen molar-refractivity contribution in [1.82, 2.24) is 15.2 Å². The highest BCUT2D eigenvalue weighted by molar-refractivity contribution is 7.91. The van der Waals surface area contributed by atoms with Crippen molar-refractivity contribution >= 4 is 31.5 Å². The van der Waals surface area contributed by atoms with Crippen LogP contribution in [0.15, 0.2) is 52.3 Å². The Morgan fingerprint density at radius 1 is 1.13 bits per heavy atom. The lowest BCUT2D eigenvalue weighted by Gasteiger charge is -2.19. The van der Waals surface area contributed by atoms with Gasteiger partial charge in [0.05, 0.1) is 9.92 Å². The second-order valence-electron chi connectivity index (χ2n) is 7.66. The van der Waals surface area contributed by atoms with Crippen LogP contribution in [-0.2, 0) is 19.9 Å². The molecule has 0 spiro atoms. The minimum absolute atomic E-state index is 0.0142. The molecule has 2 aromatic carbocycles. The van der Waals surface area contributed by atoms with Crippen molar-refractivity contribution < 1.29 is 21.2 Å². The van der Waals surface area contributed by atoms with E-state index in [-0.39, 0.29) is 39.3 Å². The van der Waals surface area contributed by atoms with Gasteiger partial charge < -0.3 is 0 Å². The van der Waals surface area contributed by atoms with Crippen molar-refractivity contribution in [2.75, 3.05) is 19.8 Å². The summed E-state index contributed by atoms with van der Waals surface area (Å²) in [5.41, 5.74) is 7.18. The van der Waals surface area contributed by atoms with Gasteiger partial charge in [0.25, 0.3) is 0 Å². The summed E-state index contributed by atoms with van der Waals surface area (Å²) in [4.78, 5) is -0.333. The Morgan fingerprint density at radius 3 is 2.55 bits per heavy atom. The first-order valence-electron chi connectivity index (χ1n) is 9.71. The molecule has 3 rings (SSSR count). The van der Waals surface area contributed by atoms with Crippen LogP contribution in [0, 0.1) is 5.82 Å². The van der Waals surface area contributed by atoms with Crippen molar-refractivity contribution in [3.63, 3.8) is 0 Å². The molecule has 0 aliphatic carbocycles. The molecule has 0 aromatic heterocycles. The first kappa shape index (κ1) is 24.1. The highest BCUT2D eigenvalue weighted by Gasteiger charge is 2.27. The summed E-state index contributed by atoms with van der Waals surface area (Å²) in [6, 6.07) is 10.2. The van der Waals surface area contributed by atoms with E-state index in [1.807, 2.05) is 6.07 Å². The Hall–Kier alpha value is -1.56. The second kappa shape index (κ2) is 9.51. The predicted octanol–water partition coefficient (Wildman–Crippen LogP) is 2.89. The van der Waals surface area contributed by atoms with Gasteiger partial charge in [0.1, 0.15) is 10.7 Å². The summed E-state index contributed by atoms with van der Waals surface area (Å²) in [5, 5.41) is -0.0288. The molecule has 2 N–H and O–H groups in total. The van der Waals surface area contributed by atoms with Gasteiger partial charge in [0, 0.05) is 31.9 Å². The van der Waals surface area contributed by atoms with Crippen LogP contribution in [0.2, 0.25) is 5.02 Å². The van der Waals surface area contributed by atoms with Crippen molar-refractivity contribution in [1.29, 1.82) is 0 Å². The number of halogens is 2. The molecule has 0 bridgehead atoms. The maximum Gasteiger partial charge on any atom is 0.244 e. The molecule has 1 saturated heterocycles. The third kappa shape index (κ3) is 5.82. The van der Waals surface area contributed by atoms with Crippen LogP contribution in [0.25, 0.3) is 0 Å². The van der Waals surface area contributed by atoms with E-state index < -0.39 is 19.9 Å². The fourth-order valence-corrected chi connectivity index (χ4v) is 5.94. The van der Waals surface area contributed by atoms with E-state index in [0.29, 0.717) is 12.8 Å². The number of nitrogens with zero attached hydrogens (tertiary/aromatic N) is 1. The molecule has 1 aliphatic rings. The highest BCUT2D eigenvalue weighted by Crippen LogP contribution is 2.28. The molecule has 1 heterocycles. The van der Waals surface area contributed by atoms with Gasteiger partial charge >= 0.3 is 0 Å². The Labute approximate surface area is 187 Å². The van der Waals surface area contributed by atoms with Crippen LogP contribution in [0.5, 0.6) is 0 Å². The monoisotopic (exact) mass is 489 g/mol. The standard InChI is InChI=1S/C20H25ClFN3O4S2/c1-25(31(28,29)20-13-17(30(2,26)27)8-9-18(20)21)10-4-7-16-12-19(24-23-16)14-5-3-6-15(22)11-14/h3,5-6,8-9,11,13,16,19,23-24H,4,7,10,12H2,1-2H3. The zero-order valence-electron chi connectivity index (χ0n) is 17.2. The zero-order chi connectivity index (χ0) is 22.8. The van der Waals surface area contributed by atoms with E-state index in [1.54, 1.807) is 6.07 Å². The SMILES string of the molecule is CN(CCCC1CC(c2cccc(F)c2)NN1)S(=O)(=O)c1cc(S(C)(=O)=O)ccc1Cl. The summed E-state index contributed by atoms with van der Waals surface area (Å²) < 4.78 is 64.0. The molecule has 0 radical (unpaired) electrons. The van der Waals surface area contributed by atoms with Gasteiger partial charge in [-0.15, -0.1) is 0 Å². The number of hydrogen-bond acceptors (Lipinski definition) is 6. The maximum absolute atomic E-state index is 13.4. The molecular weight excluding hydrogens is 465 g/mol. The van der Waals surface area contributed by atoms with Crippen molar-refractivity contribution in [2.24, 2.45) is 0 Å². The van der Waals surface area contributed by atoms with E-state index >= 15 is 0 Å². The predicted molar refractivity (Wildman–Crippen MR) is 117 cm³/mol. The Kier molecular flexibility index (Phi) is 7.39. The Morgan fingerprint density at radius 2 is 1.87 bits per heavy atom. The van der Waals surface area contributed by atoms with E-state index in [9.17, 15) is 21.2 Å². The van der Waals surface area contributed by atoms with Crippen LogP contribution in [0.3, 0.4) is 0 Å². The van der Waals surface area contributed by atoms with Gasteiger partial charge in [-0.2, -0.15) is 0 Å². The summed E-state index contributed by atoms with van der Waals surface area (Å²) in [6.07, 6.45) is 3.04. The summed E-state index contributed by atoms with van der Waals surface area (Å²) in [5.74, 6) is -0.284. The molecular formula is C20H25ClFN3O4S2. The lowest BCUT2D eigenvalue weighted by atomic mass is 10.00. The van der Waals surface area contributed by atoms with Gasteiger partial charge in [-0.05, 0) is 55.2 Å². The molecule has 1 fully saturated rings. The number of benzene rings is 2. The average Bonchev–Trinajstić information content (AvgIpc) is 3.16. The normalized spacial score (nSPS) is 19.8. The van der Waals surface area contributed by atoms with Crippen LogP contribution < -0.4 is 10.9 Å². The number of hydrazine groups is 1. The topological polar surface area (TPSA) is 95.6 Å². The quantitative estimate of drug-likeness (QED) is 0.592. The van der Waals surface area contributed by atoms with Gasteiger partial charge in [0.2, 0.25) is 10.0 Å². The van der Waals surface area contributed by atoms with Crippen LogP contribution in [-0.4, -0.2) is 47.0 Å². The third-order valence-corrected chi connectivity index (χ3v) is 8.73. The molecule has 7 nitrogen and oxygen atoms in total. The molecule has 1 aliphatic heterocycles. The molecule has 2 atom stereocenters. The van der Waals surface area contributed by atoms with E-state index in [1.165, 1.54) is 35.6 Å². The molecule has 0 saturated carbocycles. The first-order chi connectivity index (χ1) is 14.5. The van der Waals surface area contributed by atoms with Crippen molar-refractivity contribution in [3.05, 3.63) is 58.9 Å². The van der Waals surface area contributed by atoms with E-state index in [2.05, 4.69) is 10.9 Å². The van der Waals surface area contributed by atoms with Crippen LogP contribution in [0.4, 0.5) is 4.39 Å². The minimum Gasteiger partial charge on any atom is -0.254 e.